The van der Waals surface area contributed by atoms with Gasteiger partial charge in [-0.1, -0.05) is 26.0 Å². The van der Waals surface area contributed by atoms with Crippen LogP contribution in [0.25, 0.3) is 0 Å². The molecule has 0 aliphatic carbocycles. The van der Waals surface area contributed by atoms with Gasteiger partial charge in [0.25, 0.3) is 0 Å². The molecule has 0 heterocycles. The van der Waals surface area contributed by atoms with E-state index in [-0.39, 0.29) is 11.3 Å². The highest BCUT2D eigenvalue weighted by Crippen LogP contribution is 2.17. The van der Waals surface area contributed by atoms with Gasteiger partial charge in [0.1, 0.15) is 5.75 Å². The van der Waals surface area contributed by atoms with Gasteiger partial charge in [-0.25, -0.2) is 0 Å². The standard InChI is InChI=1S/C15H24N2O2/c1-15(2,11-16)10-14(18)17-8-7-12-5-4-6-13(9-12)19-3/h4-6,9H,7-8,10-11,16H2,1-3H3,(H,17,18). The van der Waals surface area contributed by atoms with Crippen LogP contribution in [-0.2, 0) is 11.2 Å². The van der Waals surface area contributed by atoms with Crippen LogP contribution >= 0.6 is 0 Å². The van der Waals surface area contributed by atoms with Crippen LogP contribution in [0.4, 0.5) is 0 Å². The van der Waals surface area contributed by atoms with Crippen molar-refractivity contribution in [2.75, 3.05) is 20.2 Å². The van der Waals surface area contributed by atoms with E-state index in [1.807, 2.05) is 38.1 Å². The fourth-order valence-corrected chi connectivity index (χ4v) is 1.74. The van der Waals surface area contributed by atoms with E-state index in [0.717, 1.165) is 17.7 Å². The summed E-state index contributed by atoms with van der Waals surface area (Å²) in [7, 11) is 1.65. The summed E-state index contributed by atoms with van der Waals surface area (Å²) >= 11 is 0. The van der Waals surface area contributed by atoms with Gasteiger partial charge in [-0.05, 0) is 36.1 Å². The second-order valence-electron chi connectivity index (χ2n) is 5.50. The normalized spacial score (nSPS) is 11.2. The molecule has 0 spiro atoms. The van der Waals surface area contributed by atoms with Crippen molar-refractivity contribution < 1.29 is 9.53 Å². The molecular weight excluding hydrogens is 240 g/mol. The number of methoxy groups -OCH3 is 1. The van der Waals surface area contributed by atoms with E-state index in [4.69, 9.17) is 10.5 Å². The molecular formula is C15H24N2O2. The smallest absolute Gasteiger partial charge is 0.220 e. The van der Waals surface area contributed by atoms with Crippen molar-refractivity contribution in [2.24, 2.45) is 11.1 Å². The fraction of sp³-hybridized carbons (Fsp3) is 0.533. The summed E-state index contributed by atoms with van der Waals surface area (Å²) in [6.45, 7) is 5.13. The van der Waals surface area contributed by atoms with Gasteiger partial charge in [0, 0.05) is 13.0 Å². The molecule has 1 amide bonds. The van der Waals surface area contributed by atoms with Crippen LogP contribution in [0.1, 0.15) is 25.8 Å². The van der Waals surface area contributed by atoms with Gasteiger partial charge in [0.05, 0.1) is 7.11 Å². The third-order valence-corrected chi connectivity index (χ3v) is 3.06. The number of nitrogens with one attached hydrogen (secondary N) is 1. The third kappa shape index (κ3) is 5.75. The predicted molar refractivity (Wildman–Crippen MR) is 77.2 cm³/mol. The lowest BCUT2D eigenvalue weighted by molar-refractivity contribution is -0.122. The topological polar surface area (TPSA) is 64.3 Å². The molecule has 0 aliphatic heterocycles. The Morgan fingerprint density at radius 2 is 2.16 bits per heavy atom. The van der Waals surface area contributed by atoms with Crippen molar-refractivity contribution in [3.8, 4) is 5.75 Å². The highest BCUT2D eigenvalue weighted by molar-refractivity contribution is 5.76. The second kappa shape index (κ2) is 7.14. The van der Waals surface area contributed by atoms with Crippen LogP contribution in [0.3, 0.4) is 0 Å². The first-order valence-corrected chi connectivity index (χ1v) is 6.56. The Labute approximate surface area is 115 Å². The second-order valence-corrected chi connectivity index (χ2v) is 5.50. The number of carbonyl (C=O) groups excluding carboxylic acids is 1. The first-order valence-electron chi connectivity index (χ1n) is 6.56. The molecule has 4 nitrogen and oxygen atoms in total. The summed E-state index contributed by atoms with van der Waals surface area (Å²) in [6, 6.07) is 7.87. The first-order chi connectivity index (χ1) is 8.96. The molecule has 3 N–H and O–H groups in total. The minimum atomic E-state index is -0.139. The zero-order valence-corrected chi connectivity index (χ0v) is 12.0. The SMILES string of the molecule is COc1cccc(CCNC(=O)CC(C)(C)CN)c1. The molecule has 1 rings (SSSR count). The Morgan fingerprint density at radius 1 is 1.42 bits per heavy atom. The summed E-state index contributed by atoms with van der Waals surface area (Å²) < 4.78 is 5.16. The van der Waals surface area contributed by atoms with E-state index in [2.05, 4.69) is 5.32 Å². The van der Waals surface area contributed by atoms with Crippen molar-refractivity contribution in [1.29, 1.82) is 0 Å². The molecule has 106 valence electrons. The van der Waals surface area contributed by atoms with Crippen molar-refractivity contribution >= 4 is 5.91 Å². The number of ether oxygens (including phenoxy) is 1. The summed E-state index contributed by atoms with van der Waals surface area (Å²) in [6.07, 6.45) is 1.26. The number of hydrogen-bond acceptors (Lipinski definition) is 3. The average Bonchev–Trinajstić information content (AvgIpc) is 2.38. The predicted octanol–water partition coefficient (Wildman–Crippen LogP) is 1.73. The summed E-state index contributed by atoms with van der Waals surface area (Å²) in [5.74, 6) is 0.895. The maximum atomic E-state index is 11.7. The Morgan fingerprint density at radius 3 is 2.79 bits per heavy atom. The van der Waals surface area contributed by atoms with E-state index < -0.39 is 0 Å². The van der Waals surface area contributed by atoms with Gasteiger partial charge >= 0.3 is 0 Å². The molecule has 0 unspecified atom stereocenters. The van der Waals surface area contributed by atoms with Crippen LogP contribution in [0.2, 0.25) is 0 Å². The number of rotatable bonds is 7. The molecule has 0 aromatic heterocycles. The molecule has 0 bridgehead atoms. The summed E-state index contributed by atoms with van der Waals surface area (Å²) in [5.41, 5.74) is 6.62. The lowest BCUT2D eigenvalue weighted by atomic mass is 9.89. The molecule has 0 saturated heterocycles. The number of nitrogens with two attached hydrogens (primary N) is 1. The molecule has 0 aliphatic rings. The van der Waals surface area contributed by atoms with Crippen LogP contribution in [0.15, 0.2) is 24.3 Å². The van der Waals surface area contributed by atoms with E-state index in [1.54, 1.807) is 7.11 Å². The van der Waals surface area contributed by atoms with Gasteiger partial charge in [0.2, 0.25) is 5.91 Å². The van der Waals surface area contributed by atoms with Crippen molar-refractivity contribution in [3.05, 3.63) is 29.8 Å². The van der Waals surface area contributed by atoms with Crippen molar-refractivity contribution in [3.63, 3.8) is 0 Å². The van der Waals surface area contributed by atoms with E-state index in [9.17, 15) is 4.79 Å². The Hall–Kier alpha value is -1.55. The molecule has 4 heteroatoms. The molecule has 1 aromatic rings. The number of hydrogen-bond donors (Lipinski definition) is 2. The van der Waals surface area contributed by atoms with Crippen LogP contribution in [0.5, 0.6) is 5.75 Å². The number of benzene rings is 1. The average molecular weight is 264 g/mol. The van der Waals surface area contributed by atoms with Crippen LogP contribution in [0, 0.1) is 5.41 Å². The Balaban J connectivity index is 2.35. The van der Waals surface area contributed by atoms with E-state index >= 15 is 0 Å². The lowest BCUT2D eigenvalue weighted by Gasteiger charge is -2.21. The molecule has 0 atom stereocenters. The lowest BCUT2D eigenvalue weighted by Crippen LogP contribution is -2.33. The maximum absolute atomic E-state index is 11.7. The zero-order valence-electron chi connectivity index (χ0n) is 12.0. The summed E-state index contributed by atoms with van der Waals surface area (Å²) in [5, 5.41) is 2.92. The first kappa shape index (κ1) is 15.5. The van der Waals surface area contributed by atoms with Gasteiger partial charge in [0.15, 0.2) is 0 Å². The fourth-order valence-electron chi connectivity index (χ4n) is 1.74. The Kier molecular flexibility index (Phi) is 5.83. The molecule has 0 fully saturated rings. The Bertz CT molecular complexity index is 416. The molecule has 19 heavy (non-hydrogen) atoms. The van der Waals surface area contributed by atoms with Crippen molar-refractivity contribution in [1.82, 2.24) is 5.32 Å². The van der Waals surface area contributed by atoms with Gasteiger partial charge in [-0.3, -0.25) is 4.79 Å². The summed E-state index contributed by atoms with van der Waals surface area (Å²) in [4.78, 5) is 11.7. The van der Waals surface area contributed by atoms with E-state index in [0.29, 0.717) is 19.5 Å². The van der Waals surface area contributed by atoms with Gasteiger partial charge < -0.3 is 15.8 Å². The number of carbonyl (C=O) groups is 1. The van der Waals surface area contributed by atoms with Crippen molar-refractivity contribution in [2.45, 2.75) is 26.7 Å². The molecule has 1 aromatic carbocycles. The molecule has 0 saturated carbocycles. The minimum absolute atomic E-state index is 0.0540. The van der Waals surface area contributed by atoms with Gasteiger partial charge in [-0.2, -0.15) is 0 Å². The highest BCUT2D eigenvalue weighted by Gasteiger charge is 2.19. The quantitative estimate of drug-likeness (QED) is 0.788. The highest BCUT2D eigenvalue weighted by atomic mass is 16.5. The number of amides is 1. The van der Waals surface area contributed by atoms with Crippen LogP contribution in [-0.4, -0.2) is 26.1 Å². The molecule has 0 radical (unpaired) electrons. The minimum Gasteiger partial charge on any atom is -0.497 e. The monoisotopic (exact) mass is 264 g/mol. The maximum Gasteiger partial charge on any atom is 0.220 e. The zero-order chi connectivity index (χ0) is 14.3. The van der Waals surface area contributed by atoms with E-state index in [1.165, 1.54) is 0 Å². The largest absolute Gasteiger partial charge is 0.497 e. The van der Waals surface area contributed by atoms with Gasteiger partial charge in [-0.15, -0.1) is 0 Å². The van der Waals surface area contributed by atoms with Crippen LogP contribution < -0.4 is 15.8 Å². The third-order valence-electron chi connectivity index (χ3n) is 3.06.